The van der Waals surface area contributed by atoms with Gasteiger partial charge in [0, 0.05) is 45.1 Å². The second kappa shape index (κ2) is 8.67. The summed E-state index contributed by atoms with van der Waals surface area (Å²) in [5, 5.41) is 3.43. The fraction of sp³-hybridized carbons (Fsp3) is 0.474. The Morgan fingerprint density at radius 1 is 1.40 bits per heavy atom. The molecule has 134 valence electrons. The first-order valence-corrected chi connectivity index (χ1v) is 8.90. The molecule has 25 heavy (non-hydrogen) atoms. The first-order chi connectivity index (χ1) is 12.3. The van der Waals surface area contributed by atoms with Gasteiger partial charge in [0.2, 0.25) is 0 Å². The summed E-state index contributed by atoms with van der Waals surface area (Å²) < 4.78 is 7.33. The second-order valence-corrected chi connectivity index (χ2v) is 6.32. The summed E-state index contributed by atoms with van der Waals surface area (Å²) in [5.41, 5.74) is 2.31. The maximum Gasteiger partial charge on any atom is 0.194 e. The second-order valence-electron chi connectivity index (χ2n) is 6.32. The Kier molecular flexibility index (Phi) is 6.06. The molecule has 1 unspecified atom stereocenters. The first-order valence-electron chi connectivity index (χ1n) is 8.90. The van der Waals surface area contributed by atoms with E-state index in [4.69, 9.17) is 9.73 Å². The van der Waals surface area contributed by atoms with Crippen LogP contribution in [0.2, 0.25) is 0 Å². The van der Waals surface area contributed by atoms with Gasteiger partial charge in [-0.3, -0.25) is 0 Å². The van der Waals surface area contributed by atoms with E-state index in [1.165, 1.54) is 5.56 Å². The predicted molar refractivity (Wildman–Crippen MR) is 99.9 cm³/mol. The van der Waals surface area contributed by atoms with Gasteiger partial charge in [0.15, 0.2) is 5.96 Å². The highest BCUT2D eigenvalue weighted by atomic mass is 16.5. The summed E-state index contributed by atoms with van der Waals surface area (Å²) in [6.45, 7) is 6.47. The average Bonchev–Trinajstić information content (AvgIpc) is 3.31. The smallest absolute Gasteiger partial charge is 0.194 e. The molecule has 0 amide bonds. The van der Waals surface area contributed by atoms with Gasteiger partial charge < -0.3 is 19.5 Å². The third kappa shape index (κ3) is 4.39. The van der Waals surface area contributed by atoms with E-state index in [1.807, 2.05) is 23.2 Å². The lowest BCUT2D eigenvalue weighted by atomic mass is 10.1. The topological polar surface area (TPSA) is 54.7 Å². The van der Waals surface area contributed by atoms with E-state index in [0.717, 1.165) is 44.3 Å². The molecule has 1 fully saturated rings. The van der Waals surface area contributed by atoms with Crippen LogP contribution in [0.15, 0.2) is 48.0 Å². The number of aliphatic imine (C=N–C) groups is 1. The van der Waals surface area contributed by atoms with Crippen LogP contribution in [0, 0.1) is 5.92 Å². The number of methoxy groups -OCH3 is 1. The summed E-state index contributed by atoms with van der Waals surface area (Å²) in [4.78, 5) is 11.4. The van der Waals surface area contributed by atoms with E-state index in [0.29, 0.717) is 12.5 Å². The molecule has 0 saturated carbocycles. The van der Waals surface area contributed by atoms with Crippen molar-refractivity contribution in [1.82, 2.24) is 19.8 Å². The Bertz CT molecular complexity index is 683. The minimum Gasteiger partial charge on any atom is -0.384 e. The fourth-order valence-corrected chi connectivity index (χ4v) is 3.28. The van der Waals surface area contributed by atoms with Crippen molar-refractivity contribution in [2.24, 2.45) is 10.9 Å². The van der Waals surface area contributed by atoms with Crippen molar-refractivity contribution < 1.29 is 4.74 Å². The molecule has 0 spiro atoms. The van der Waals surface area contributed by atoms with E-state index in [9.17, 15) is 0 Å². The molecule has 1 N–H and O–H groups in total. The number of hydrogen-bond acceptors (Lipinski definition) is 3. The number of para-hydroxylation sites is 1. The van der Waals surface area contributed by atoms with Gasteiger partial charge in [-0.25, -0.2) is 9.98 Å². The summed E-state index contributed by atoms with van der Waals surface area (Å²) in [7, 11) is 1.77. The van der Waals surface area contributed by atoms with Gasteiger partial charge in [-0.15, -0.1) is 0 Å². The lowest BCUT2D eigenvalue weighted by Gasteiger charge is -2.22. The highest BCUT2D eigenvalue weighted by Gasteiger charge is 2.24. The molecule has 6 heteroatoms. The van der Waals surface area contributed by atoms with Gasteiger partial charge in [0.25, 0.3) is 0 Å². The highest BCUT2D eigenvalue weighted by molar-refractivity contribution is 5.80. The number of nitrogens with zero attached hydrogens (tertiary/aromatic N) is 4. The molecule has 1 aliphatic rings. The summed E-state index contributed by atoms with van der Waals surface area (Å²) in [6, 6.07) is 8.33. The van der Waals surface area contributed by atoms with Crippen LogP contribution in [-0.4, -0.2) is 53.8 Å². The van der Waals surface area contributed by atoms with E-state index in [2.05, 4.69) is 40.3 Å². The highest BCUT2D eigenvalue weighted by Crippen LogP contribution is 2.18. The Morgan fingerprint density at radius 3 is 3.04 bits per heavy atom. The van der Waals surface area contributed by atoms with E-state index < -0.39 is 0 Å². The molecule has 1 aromatic heterocycles. The zero-order valence-electron chi connectivity index (χ0n) is 15.1. The third-order valence-electron chi connectivity index (χ3n) is 4.50. The molecule has 1 aliphatic heterocycles. The predicted octanol–water partition coefficient (Wildman–Crippen LogP) is 2.31. The van der Waals surface area contributed by atoms with Crippen molar-refractivity contribution in [3.8, 4) is 5.69 Å². The largest absolute Gasteiger partial charge is 0.384 e. The van der Waals surface area contributed by atoms with Crippen LogP contribution in [0.4, 0.5) is 0 Å². The normalized spacial score (nSPS) is 17.9. The van der Waals surface area contributed by atoms with Crippen LogP contribution in [-0.2, 0) is 11.3 Å². The number of guanidine groups is 1. The summed E-state index contributed by atoms with van der Waals surface area (Å²) in [5.74, 6) is 1.58. The van der Waals surface area contributed by atoms with Gasteiger partial charge in [0.1, 0.15) is 0 Å². The lowest BCUT2D eigenvalue weighted by Crippen LogP contribution is -2.40. The van der Waals surface area contributed by atoms with E-state index in [1.54, 1.807) is 13.3 Å². The molecule has 3 rings (SSSR count). The van der Waals surface area contributed by atoms with Crippen molar-refractivity contribution in [2.45, 2.75) is 19.9 Å². The van der Waals surface area contributed by atoms with Crippen molar-refractivity contribution in [3.63, 3.8) is 0 Å². The van der Waals surface area contributed by atoms with Crippen LogP contribution in [0.5, 0.6) is 0 Å². The van der Waals surface area contributed by atoms with Gasteiger partial charge in [-0.05, 0) is 25.0 Å². The van der Waals surface area contributed by atoms with Crippen LogP contribution < -0.4 is 5.32 Å². The maximum absolute atomic E-state index is 5.30. The Morgan fingerprint density at radius 2 is 2.28 bits per heavy atom. The molecular formula is C19H27N5O. The van der Waals surface area contributed by atoms with Crippen molar-refractivity contribution in [2.75, 3.05) is 33.4 Å². The molecule has 1 aromatic carbocycles. The van der Waals surface area contributed by atoms with Crippen LogP contribution in [0.3, 0.4) is 0 Å². The molecule has 0 radical (unpaired) electrons. The number of nitrogens with one attached hydrogen (secondary N) is 1. The van der Waals surface area contributed by atoms with Gasteiger partial charge in [-0.2, -0.15) is 0 Å². The number of rotatable bonds is 6. The number of ether oxygens (including phenoxy) is 1. The molecular weight excluding hydrogens is 314 g/mol. The van der Waals surface area contributed by atoms with E-state index in [-0.39, 0.29) is 0 Å². The minimum absolute atomic E-state index is 0.590. The van der Waals surface area contributed by atoms with Gasteiger partial charge in [0.05, 0.1) is 25.2 Å². The SMILES string of the molecule is CCNC(=NCc1ccccc1-n1ccnc1)N1CCC(COC)C1. The van der Waals surface area contributed by atoms with Crippen molar-refractivity contribution in [1.29, 1.82) is 0 Å². The van der Waals surface area contributed by atoms with Crippen molar-refractivity contribution in [3.05, 3.63) is 48.5 Å². The molecule has 6 nitrogen and oxygen atoms in total. The lowest BCUT2D eigenvalue weighted by molar-refractivity contribution is 0.157. The Balaban J connectivity index is 1.75. The fourth-order valence-electron chi connectivity index (χ4n) is 3.28. The monoisotopic (exact) mass is 341 g/mol. The third-order valence-corrected chi connectivity index (χ3v) is 4.50. The van der Waals surface area contributed by atoms with Crippen LogP contribution >= 0.6 is 0 Å². The van der Waals surface area contributed by atoms with Gasteiger partial charge >= 0.3 is 0 Å². The molecule has 1 atom stereocenters. The molecule has 1 saturated heterocycles. The number of benzene rings is 1. The molecule has 0 aliphatic carbocycles. The van der Waals surface area contributed by atoms with E-state index >= 15 is 0 Å². The summed E-state index contributed by atoms with van der Waals surface area (Å²) >= 11 is 0. The van der Waals surface area contributed by atoms with Crippen LogP contribution in [0.25, 0.3) is 5.69 Å². The quantitative estimate of drug-likeness (QED) is 0.647. The van der Waals surface area contributed by atoms with Crippen molar-refractivity contribution >= 4 is 5.96 Å². The zero-order chi connectivity index (χ0) is 17.5. The van der Waals surface area contributed by atoms with Gasteiger partial charge in [-0.1, -0.05) is 18.2 Å². The average molecular weight is 341 g/mol. The molecule has 2 heterocycles. The summed E-state index contributed by atoms with van der Waals surface area (Å²) in [6.07, 6.45) is 6.74. The van der Waals surface area contributed by atoms with Crippen LogP contribution in [0.1, 0.15) is 18.9 Å². The maximum atomic E-state index is 5.30. The number of aromatic nitrogens is 2. The molecule has 2 aromatic rings. The Hall–Kier alpha value is -2.34. The number of hydrogen-bond donors (Lipinski definition) is 1. The number of likely N-dealkylation sites (tertiary alicyclic amines) is 1. The zero-order valence-corrected chi connectivity index (χ0v) is 15.1. The first kappa shape index (κ1) is 17.5. The minimum atomic E-state index is 0.590. The Labute approximate surface area is 149 Å². The molecule has 0 bridgehead atoms. The standard InChI is InChI=1S/C19H27N5O/c1-3-21-19(23-10-8-16(13-23)14-25-2)22-12-17-6-4-5-7-18(17)24-11-9-20-15-24/h4-7,9,11,15-16H,3,8,10,12-14H2,1-2H3,(H,21,22). The number of imidazole rings is 1.